The molecule has 0 spiro atoms. The highest BCUT2D eigenvalue weighted by atomic mass is 16.5. The van der Waals surface area contributed by atoms with E-state index < -0.39 is 0 Å². The maximum absolute atomic E-state index is 11.5. The molecule has 0 aliphatic heterocycles. The van der Waals surface area contributed by atoms with Gasteiger partial charge in [0, 0.05) is 12.7 Å². The summed E-state index contributed by atoms with van der Waals surface area (Å²) in [6.45, 7) is 10.5. The van der Waals surface area contributed by atoms with Gasteiger partial charge in [-0.2, -0.15) is 5.10 Å². The van der Waals surface area contributed by atoms with E-state index in [0.717, 1.165) is 25.1 Å². The zero-order chi connectivity index (χ0) is 15.0. The van der Waals surface area contributed by atoms with Crippen LogP contribution >= 0.6 is 0 Å². The van der Waals surface area contributed by atoms with Gasteiger partial charge < -0.3 is 4.74 Å². The van der Waals surface area contributed by atoms with Crippen molar-refractivity contribution in [2.75, 3.05) is 19.7 Å². The maximum Gasteiger partial charge on any atom is 0.320 e. The highest BCUT2D eigenvalue weighted by Gasteiger charge is 2.13. The van der Waals surface area contributed by atoms with Crippen molar-refractivity contribution >= 4 is 5.97 Å². The fraction of sp³-hybridized carbons (Fsp3) is 0.733. The van der Waals surface area contributed by atoms with Crippen LogP contribution in [-0.4, -0.2) is 40.3 Å². The van der Waals surface area contributed by atoms with Gasteiger partial charge in [0.15, 0.2) is 0 Å². The van der Waals surface area contributed by atoms with Crippen LogP contribution in [0.1, 0.15) is 52.3 Å². The van der Waals surface area contributed by atoms with E-state index in [1.165, 1.54) is 0 Å². The van der Waals surface area contributed by atoms with Crippen molar-refractivity contribution in [3.05, 3.63) is 18.0 Å². The van der Waals surface area contributed by atoms with Gasteiger partial charge >= 0.3 is 5.97 Å². The van der Waals surface area contributed by atoms with Gasteiger partial charge in [0.05, 0.1) is 24.9 Å². The maximum atomic E-state index is 11.5. The molecule has 0 atom stereocenters. The highest BCUT2D eigenvalue weighted by molar-refractivity contribution is 5.71. The third kappa shape index (κ3) is 4.96. The van der Waals surface area contributed by atoms with Crippen LogP contribution in [0.25, 0.3) is 0 Å². The molecule has 0 aromatic carbocycles. The average molecular weight is 281 g/mol. The van der Waals surface area contributed by atoms with E-state index in [2.05, 4.69) is 18.9 Å². The molecule has 114 valence electrons. The number of rotatable bonds is 9. The zero-order valence-corrected chi connectivity index (χ0v) is 13.1. The van der Waals surface area contributed by atoms with Crippen LogP contribution in [0.2, 0.25) is 0 Å². The molecule has 0 saturated heterocycles. The van der Waals surface area contributed by atoms with Crippen LogP contribution in [0, 0.1) is 0 Å². The topological polar surface area (TPSA) is 47.4 Å². The van der Waals surface area contributed by atoms with Gasteiger partial charge in [-0.05, 0) is 32.4 Å². The van der Waals surface area contributed by atoms with Gasteiger partial charge in [0.2, 0.25) is 0 Å². The van der Waals surface area contributed by atoms with E-state index in [1.54, 1.807) is 0 Å². The number of hydrogen-bond donors (Lipinski definition) is 0. The number of carbonyl (C=O) groups excluding carboxylic acids is 1. The van der Waals surface area contributed by atoms with E-state index in [0.29, 0.717) is 25.7 Å². The van der Waals surface area contributed by atoms with Crippen LogP contribution in [-0.2, 0) is 16.1 Å². The lowest BCUT2D eigenvalue weighted by Gasteiger charge is -2.18. The Hall–Kier alpha value is -1.36. The molecule has 1 rings (SSSR count). The molecule has 5 nitrogen and oxygen atoms in total. The minimum atomic E-state index is -0.172. The molecular weight excluding hydrogens is 254 g/mol. The van der Waals surface area contributed by atoms with Crippen molar-refractivity contribution in [2.45, 2.75) is 53.1 Å². The quantitative estimate of drug-likeness (QED) is 0.653. The van der Waals surface area contributed by atoms with Crippen molar-refractivity contribution in [1.82, 2.24) is 14.7 Å². The Bertz CT molecular complexity index is 400. The molecule has 0 bridgehead atoms. The van der Waals surface area contributed by atoms with Gasteiger partial charge in [-0.3, -0.25) is 14.4 Å². The third-order valence-electron chi connectivity index (χ3n) is 3.47. The SMILES string of the molecule is CCOC(=O)CN(CC)Cc1ccn(C(CC)CC)n1. The van der Waals surface area contributed by atoms with Gasteiger partial charge in [-0.25, -0.2) is 0 Å². The lowest BCUT2D eigenvalue weighted by atomic mass is 10.2. The first-order valence-electron chi connectivity index (χ1n) is 7.56. The van der Waals surface area contributed by atoms with Gasteiger partial charge in [-0.1, -0.05) is 20.8 Å². The Kier molecular flexibility index (Phi) is 7.30. The Balaban J connectivity index is 2.59. The Morgan fingerprint density at radius 1 is 1.35 bits per heavy atom. The lowest BCUT2D eigenvalue weighted by molar-refractivity contribution is -0.144. The van der Waals surface area contributed by atoms with E-state index >= 15 is 0 Å². The summed E-state index contributed by atoms with van der Waals surface area (Å²) in [4.78, 5) is 13.6. The molecule has 0 saturated carbocycles. The molecular formula is C15H27N3O2. The first-order valence-corrected chi connectivity index (χ1v) is 7.56. The van der Waals surface area contributed by atoms with Crippen molar-refractivity contribution in [3.8, 4) is 0 Å². The molecule has 20 heavy (non-hydrogen) atoms. The summed E-state index contributed by atoms with van der Waals surface area (Å²) in [6, 6.07) is 2.50. The second-order valence-electron chi connectivity index (χ2n) is 4.87. The summed E-state index contributed by atoms with van der Waals surface area (Å²) in [5.41, 5.74) is 1.00. The predicted octanol–water partition coefficient (Wildman–Crippen LogP) is 2.63. The Morgan fingerprint density at radius 2 is 2.05 bits per heavy atom. The monoisotopic (exact) mass is 281 g/mol. The zero-order valence-electron chi connectivity index (χ0n) is 13.1. The smallest absolute Gasteiger partial charge is 0.320 e. The third-order valence-corrected chi connectivity index (χ3v) is 3.47. The average Bonchev–Trinajstić information content (AvgIpc) is 2.88. The number of hydrogen-bond acceptors (Lipinski definition) is 4. The van der Waals surface area contributed by atoms with Gasteiger partial charge in [0.25, 0.3) is 0 Å². The largest absolute Gasteiger partial charge is 0.465 e. The van der Waals surface area contributed by atoms with Crippen LogP contribution in [0.5, 0.6) is 0 Å². The number of esters is 1. The fourth-order valence-electron chi connectivity index (χ4n) is 2.23. The van der Waals surface area contributed by atoms with Crippen molar-refractivity contribution < 1.29 is 9.53 Å². The summed E-state index contributed by atoms with van der Waals surface area (Å²) in [7, 11) is 0. The van der Waals surface area contributed by atoms with E-state index in [9.17, 15) is 4.79 Å². The molecule has 0 radical (unpaired) electrons. The number of nitrogens with zero attached hydrogens (tertiary/aromatic N) is 3. The highest BCUT2D eigenvalue weighted by Crippen LogP contribution is 2.15. The standard InChI is InChI=1S/C15H27N3O2/c1-5-14(6-2)18-10-9-13(16-18)11-17(7-3)12-15(19)20-8-4/h9-10,14H,5-8,11-12H2,1-4H3. The summed E-state index contributed by atoms with van der Waals surface area (Å²) in [6.07, 6.45) is 4.20. The molecule has 0 aliphatic carbocycles. The van der Waals surface area contributed by atoms with Gasteiger partial charge in [-0.15, -0.1) is 0 Å². The number of aromatic nitrogens is 2. The molecule has 5 heteroatoms. The van der Waals surface area contributed by atoms with Crippen LogP contribution in [0.3, 0.4) is 0 Å². The molecule has 0 unspecified atom stereocenters. The number of carbonyl (C=O) groups is 1. The minimum Gasteiger partial charge on any atom is -0.465 e. The van der Waals surface area contributed by atoms with Crippen molar-refractivity contribution in [3.63, 3.8) is 0 Å². The minimum absolute atomic E-state index is 0.172. The molecule has 1 aromatic heterocycles. The molecule has 1 aromatic rings. The number of ether oxygens (including phenoxy) is 1. The van der Waals surface area contributed by atoms with Gasteiger partial charge in [0.1, 0.15) is 0 Å². The normalized spacial score (nSPS) is 11.3. The summed E-state index contributed by atoms with van der Waals surface area (Å²) in [5.74, 6) is -0.172. The Labute approximate surface area is 121 Å². The second kappa shape index (κ2) is 8.74. The van der Waals surface area contributed by atoms with E-state index in [1.807, 2.05) is 35.7 Å². The summed E-state index contributed by atoms with van der Waals surface area (Å²) in [5, 5.41) is 4.62. The molecule has 0 amide bonds. The lowest BCUT2D eigenvalue weighted by Crippen LogP contribution is -2.30. The summed E-state index contributed by atoms with van der Waals surface area (Å²) < 4.78 is 7.02. The van der Waals surface area contributed by atoms with E-state index in [4.69, 9.17) is 4.74 Å². The van der Waals surface area contributed by atoms with Crippen molar-refractivity contribution in [1.29, 1.82) is 0 Å². The predicted molar refractivity (Wildman–Crippen MR) is 79.4 cm³/mol. The number of likely N-dealkylation sites (N-methyl/N-ethyl adjacent to an activating group) is 1. The first-order chi connectivity index (χ1) is 9.64. The Morgan fingerprint density at radius 3 is 2.60 bits per heavy atom. The van der Waals surface area contributed by atoms with Crippen molar-refractivity contribution in [2.24, 2.45) is 0 Å². The van der Waals surface area contributed by atoms with E-state index in [-0.39, 0.29) is 5.97 Å². The molecule has 0 fully saturated rings. The molecule has 0 N–H and O–H groups in total. The fourth-order valence-corrected chi connectivity index (χ4v) is 2.23. The molecule has 0 aliphatic rings. The first kappa shape index (κ1) is 16.7. The molecule has 1 heterocycles. The summed E-state index contributed by atoms with van der Waals surface area (Å²) >= 11 is 0. The van der Waals surface area contributed by atoms with Crippen LogP contribution in [0.15, 0.2) is 12.3 Å². The second-order valence-corrected chi connectivity index (χ2v) is 4.87. The van der Waals surface area contributed by atoms with Crippen LogP contribution < -0.4 is 0 Å². The van der Waals surface area contributed by atoms with Crippen LogP contribution in [0.4, 0.5) is 0 Å².